The normalized spacial score (nSPS) is 14.5. The minimum Gasteiger partial charge on any atom is -0.458 e. The van der Waals surface area contributed by atoms with Crippen LogP contribution >= 0.6 is 12.4 Å². The van der Waals surface area contributed by atoms with Gasteiger partial charge in [-0.1, -0.05) is 0 Å². The molecule has 0 bridgehead atoms. The Morgan fingerprint density at radius 3 is 1.81 bits per heavy atom. The number of halogens is 1. The van der Waals surface area contributed by atoms with Crippen molar-refractivity contribution in [2.45, 2.75) is 78.2 Å². The lowest BCUT2D eigenvalue weighted by atomic mass is 10.1. The van der Waals surface area contributed by atoms with E-state index in [0.717, 1.165) is 0 Å². The van der Waals surface area contributed by atoms with Crippen LogP contribution in [-0.4, -0.2) is 35.3 Å². The molecule has 0 aromatic heterocycles. The van der Waals surface area contributed by atoms with E-state index in [2.05, 4.69) is 5.32 Å². The Balaban J connectivity index is 0. The first kappa shape index (κ1) is 22.3. The van der Waals surface area contributed by atoms with Crippen molar-refractivity contribution >= 4 is 24.5 Å². The van der Waals surface area contributed by atoms with Gasteiger partial charge in [0.1, 0.15) is 17.2 Å². The Morgan fingerprint density at radius 2 is 1.48 bits per heavy atom. The minimum absolute atomic E-state index is 0. The summed E-state index contributed by atoms with van der Waals surface area (Å²) in [5.74, 6) is -0.513. The quantitative estimate of drug-likeness (QED) is 0.775. The summed E-state index contributed by atoms with van der Waals surface area (Å²) in [6.45, 7) is 12.3. The van der Waals surface area contributed by atoms with Gasteiger partial charge in [0, 0.05) is 6.04 Å². The maximum atomic E-state index is 12.0. The average Bonchev–Trinajstić information content (AvgIpc) is 2.09. The molecule has 1 amide bonds. The molecule has 0 aromatic rings. The third kappa shape index (κ3) is 12.4. The molecular weight excluding hydrogens is 296 g/mol. The summed E-state index contributed by atoms with van der Waals surface area (Å²) in [6.07, 6.45) is -0.372. The molecule has 2 unspecified atom stereocenters. The molecule has 0 aromatic carbocycles. The summed E-state index contributed by atoms with van der Waals surface area (Å²) in [4.78, 5) is 23.8. The van der Waals surface area contributed by atoms with Crippen molar-refractivity contribution in [2.24, 2.45) is 5.73 Å². The molecule has 21 heavy (non-hydrogen) atoms. The highest BCUT2D eigenvalue weighted by atomic mass is 35.5. The molecule has 3 N–H and O–H groups in total. The van der Waals surface area contributed by atoms with Crippen LogP contribution in [0.1, 0.15) is 54.9 Å². The van der Waals surface area contributed by atoms with Gasteiger partial charge in [0.2, 0.25) is 0 Å². The minimum atomic E-state index is -0.816. The van der Waals surface area contributed by atoms with Crippen LogP contribution in [0.2, 0.25) is 0 Å². The van der Waals surface area contributed by atoms with Crippen molar-refractivity contribution in [3.05, 3.63) is 0 Å². The molecule has 0 rings (SSSR count). The lowest BCUT2D eigenvalue weighted by Crippen LogP contribution is -2.48. The Morgan fingerprint density at radius 1 is 1.05 bits per heavy atom. The zero-order valence-corrected chi connectivity index (χ0v) is 14.8. The summed E-state index contributed by atoms with van der Waals surface area (Å²) < 4.78 is 10.4. The van der Waals surface area contributed by atoms with E-state index in [9.17, 15) is 9.59 Å². The number of esters is 1. The van der Waals surface area contributed by atoms with Gasteiger partial charge < -0.3 is 20.5 Å². The molecule has 0 saturated carbocycles. The molecule has 0 saturated heterocycles. The maximum Gasteiger partial charge on any atom is 0.408 e. The second-order valence-corrected chi connectivity index (χ2v) is 6.95. The van der Waals surface area contributed by atoms with Crippen LogP contribution in [0.15, 0.2) is 0 Å². The highest BCUT2D eigenvalue weighted by Gasteiger charge is 2.29. The molecule has 6 nitrogen and oxygen atoms in total. The number of alkyl carbamates (subject to hydrolysis) is 1. The second kappa shape index (κ2) is 8.44. The van der Waals surface area contributed by atoms with E-state index in [-0.39, 0.29) is 24.9 Å². The van der Waals surface area contributed by atoms with Gasteiger partial charge in [-0.3, -0.25) is 0 Å². The molecule has 0 aliphatic rings. The number of nitrogens with one attached hydrogen (secondary N) is 1. The summed E-state index contributed by atoms with van der Waals surface area (Å²) in [7, 11) is 0. The first-order chi connectivity index (χ1) is 8.80. The number of hydrogen-bond donors (Lipinski definition) is 2. The molecule has 0 heterocycles. The van der Waals surface area contributed by atoms with E-state index in [1.54, 1.807) is 48.5 Å². The third-order valence-electron chi connectivity index (χ3n) is 1.99. The van der Waals surface area contributed by atoms with Gasteiger partial charge in [0.05, 0.1) is 0 Å². The number of hydrogen-bond acceptors (Lipinski definition) is 5. The SMILES string of the molecule is CC(N)CC(NC(=O)OC(C)(C)C)C(=O)OC(C)(C)C.Cl. The summed E-state index contributed by atoms with van der Waals surface area (Å²) in [6, 6.07) is -1.06. The van der Waals surface area contributed by atoms with E-state index in [1.807, 2.05) is 0 Å². The maximum absolute atomic E-state index is 12.0. The number of carbonyl (C=O) groups is 2. The van der Waals surface area contributed by atoms with Crippen molar-refractivity contribution < 1.29 is 19.1 Å². The highest BCUT2D eigenvalue weighted by molar-refractivity contribution is 5.85. The number of ether oxygens (including phenoxy) is 2. The topological polar surface area (TPSA) is 90.6 Å². The van der Waals surface area contributed by atoms with Crippen LogP contribution in [-0.2, 0) is 14.3 Å². The van der Waals surface area contributed by atoms with Gasteiger partial charge in [-0.2, -0.15) is 0 Å². The van der Waals surface area contributed by atoms with Gasteiger partial charge in [-0.05, 0) is 54.9 Å². The predicted octanol–water partition coefficient (Wildman–Crippen LogP) is 2.38. The van der Waals surface area contributed by atoms with Crippen molar-refractivity contribution in [1.29, 1.82) is 0 Å². The summed E-state index contributed by atoms with van der Waals surface area (Å²) >= 11 is 0. The van der Waals surface area contributed by atoms with Crippen LogP contribution in [0.4, 0.5) is 4.79 Å². The van der Waals surface area contributed by atoms with Gasteiger partial charge in [0.15, 0.2) is 0 Å². The van der Waals surface area contributed by atoms with Crippen molar-refractivity contribution in [1.82, 2.24) is 5.32 Å². The molecular formula is C14H29ClN2O4. The largest absolute Gasteiger partial charge is 0.458 e. The Bertz CT molecular complexity index is 346. The van der Waals surface area contributed by atoms with E-state index in [4.69, 9.17) is 15.2 Å². The number of carbonyl (C=O) groups excluding carboxylic acids is 2. The fraction of sp³-hybridized carbons (Fsp3) is 0.857. The summed E-state index contributed by atoms with van der Waals surface area (Å²) in [5, 5.41) is 2.51. The molecule has 0 fully saturated rings. The number of nitrogens with two attached hydrogens (primary N) is 1. The lowest BCUT2D eigenvalue weighted by Gasteiger charge is -2.26. The van der Waals surface area contributed by atoms with Crippen LogP contribution < -0.4 is 11.1 Å². The first-order valence-corrected chi connectivity index (χ1v) is 6.78. The van der Waals surface area contributed by atoms with E-state index < -0.39 is 29.3 Å². The van der Waals surface area contributed by atoms with Gasteiger partial charge in [-0.25, -0.2) is 9.59 Å². The predicted molar refractivity (Wildman–Crippen MR) is 84.5 cm³/mol. The Hall–Kier alpha value is -1.01. The van der Waals surface area contributed by atoms with Crippen molar-refractivity contribution in [3.63, 3.8) is 0 Å². The Labute approximate surface area is 133 Å². The monoisotopic (exact) mass is 324 g/mol. The smallest absolute Gasteiger partial charge is 0.408 e. The number of amides is 1. The van der Waals surface area contributed by atoms with Crippen LogP contribution in [0.25, 0.3) is 0 Å². The average molecular weight is 325 g/mol. The van der Waals surface area contributed by atoms with Gasteiger partial charge in [0.25, 0.3) is 0 Å². The van der Waals surface area contributed by atoms with Crippen LogP contribution in [0.3, 0.4) is 0 Å². The highest BCUT2D eigenvalue weighted by Crippen LogP contribution is 2.12. The molecule has 2 atom stereocenters. The fourth-order valence-electron chi connectivity index (χ4n) is 1.41. The Kier molecular flexibility index (Phi) is 8.95. The molecule has 0 aliphatic carbocycles. The first-order valence-electron chi connectivity index (χ1n) is 6.78. The van der Waals surface area contributed by atoms with Crippen LogP contribution in [0.5, 0.6) is 0 Å². The van der Waals surface area contributed by atoms with Gasteiger partial charge in [-0.15, -0.1) is 12.4 Å². The lowest BCUT2D eigenvalue weighted by molar-refractivity contribution is -0.157. The standard InChI is InChI=1S/C14H28N2O4.ClH/c1-9(15)8-10(11(17)19-13(2,3)4)16-12(18)20-14(5,6)7;/h9-10H,8,15H2,1-7H3,(H,16,18);1H. The second-order valence-electron chi connectivity index (χ2n) is 6.95. The molecule has 0 spiro atoms. The van der Waals surface area contributed by atoms with E-state index in [0.29, 0.717) is 0 Å². The molecule has 126 valence electrons. The summed E-state index contributed by atoms with van der Waals surface area (Å²) in [5.41, 5.74) is 4.45. The number of rotatable bonds is 4. The molecule has 0 radical (unpaired) electrons. The van der Waals surface area contributed by atoms with Gasteiger partial charge >= 0.3 is 12.1 Å². The van der Waals surface area contributed by atoms with Crippen molar-refractivity contribution in [3.8, 4) is 0 Å². The van der Waals surface area contributed by atoms with E-state index in [1.165, 1.54) is 0 Å². The van der Waals surface area contributed by atoms with E-state index >= 15 is 0 Å². The third-order valence-corrected chi connectivity index (χ3v) is 1.99. The molecule has 7 heteroatoms. The fourth-order valence-corrected chi connectivity index (χ4v) is 1.41. The van der Waals surface area contributed by atoms with Crippen LogP contribution in [0, 0.1) is 0 Å². The zero-order chi connectivity index (χ0) is 16.1. The zero-order valence-electron chi connectivity index (χ0n) is 14.0. The van der Waals surface area contributed by atoms with Crippen molar-refractivity contribution in [2.75, 3.05) is 0 Å². The molecule has 0 aliphatic heterocycles.